The van der Waals surface area contributed by atoms with E-state index >= 15 is 0 Å². The molecule has 11 heteroatoms. The van der Waals surface area contributed by atoms with Crippen LogP contribution in [-0.2, 0) is 4.79 Å². The zero-order valence-corrected chi connectivity index (χ0v) is 21.1. The summed E-state index contributed by atoms with van der Waals surface area (Å²) < 4.78 is 17.8. The van der Waals surface area contributed by atoms with Gasteiger partial charge in [-0.2, -0.15) is 4.37 Å². The lowest BCUT2D eigenvalue weighted by Gasteiger charge is -2.32. The van der Waals surface area contributed by atoms with Crippen LogP contribution in [0, 0.1) is 5.82 Å². The van der Waals surface area contributed by atoms with Gasteiger partial charge in [0.25, 0.3) is 11.8 Å². The molecule has 9 nitrogen and oxygen atoms in total. The lowest BCUT2D eigenvalue weighted by atomic mass is 9.99. The van der Waals surface area contributed by atoms with Crippen LogP contribution >= 0.6 is 11.5 Å². The second-order valence-corrected chi connectivity index (χ2v) is 9.91. The Morgan fingerprint density at radius 2 is 1.82 bits per heavy atom. The van der Waals surface area contributed by atoms with Gasteiger partial charge in [0.15, 0.2) is 5.69 Å². The molecule has 0 spiro atoms. The Morgan fingerprint density at radius 1 is 1.08 bits per heavy atom. The number of primary amides is 1. The van der Waals surface area contributed by atoms with Gasteiger partial charge in [0.1, 0.15) is 16.7 Å². The van der Waals surface area contributed by atoms with Crippen LogP contribution in [0.1, 0.15) is 57.4 Å². The van der Waals surface area contributed by atoms with Crippen LogP contribution < -0.4 is 21.7 Å². The quantitative estimate of drug-likeness (QED) is 0.329. The molecule has 1 atom stereocenters. The van der Waals surface area contributed by atoms with Crippen molar-refractivity contribution in [2.45, 2.75) is 37.8 Å². The molecule has 0 aliphatic heterocycles. The molecule has 1 aliphatic carbocycles. The minimum absolute atomic E-state index is 0.0211. The van der Waals surface area contributed by atoms with E-state index in [1.807, 2.05) is 6.07 Å². The molecular formula is C27H25FN6O3S. The summed E-state index contributed by atoms with van der Waals surface area (Å²) in [5, 5.41) is 3.87. The molecule has 194 valence electrons. The Hall–Kier alpha value is -4.38. The summed E-state index contributed by atoms with van der Waals surface area (Å²) in [4.78, 5) is 45.3. The average Bonchev–Trinajstić information content (AvgIpc) is 3.56. The van der Waals surface area contributed by atoms with Gasteiger partial charge < -0.3 is 16.8 Å². The number of nitrogens with two attached hydrogens (primary N) is 2. The number of carbonyl (C=O) groups excluding carboxylic acids is 3. The second kappa shape index (κ2) is 10.5. The number of halogens is 1. The van der Waals surface area contributed by atoms with Crippen molar-refractivity contribution in [3.8, 4) is 0 Å². The number of anilines is 2. The number of carbonyl (C=O) groups is 3. The molecule has 0 bridgehead atoms. The molecule has 1 saturated carbocycles. The molecule has 1 fully saturated rings. The Kier molecular flexibility index (Phi) is 7.01. The van der Waals surface area contributed by atoms with Crippen LogP contribution in [0.4, 0.5) is 15.8 Å². The first-order valence-corrected chi connectivity index (χ1v) is 12.9. The fourth-order valence-corrected chi connectivity index (χ4v) is 5.50. The zero-order chi connectivity index (χ0) is 26.8. The highest BCUT2D eigenvalue weighted by atomic mass is 32.1. The minimum atomic E-state index is -1.14. The third-order valence-corrected chi connectivity index (χ3v) is 7.48. The summed E-state index contributed by atoms with van der Waals surface area (Å²) in [6.07, 6.45) is 5.36. The number of amides is 3. The first-order valence-electron chi connectivity index (χ1n) is 12.1. The van der Waals surface area contributed by atoms with Crippen molar-refractivity contribution in [2.75, 3.05) is 10.6 Å². The van der Waals surface area contributed by atoms with Gasteiger partial charge in [-0.3, -0.25) is 24.3 Å². The van der Waals surface area contributed by atoms with Crippen molar-refractivity contribution in [3.63, 3.8) is 0 Å². The molecule has 38 heavy (non-hydrogen) atoms. The topological polar surface area (TPSA) is 144 Å². The number of aromatic nitrogens is 2. The van der Waals surface area contributed by atoms with Crippen molar-refractivity contribution >= 4 is 51.5 Å². The van der Waals surface area contributed by atoms with Crippen LogP contribution in [0.15, 0.2) is 60.8 Å². The van der Waals surface area contributed by atoms with Crippen LogP contribution in [0.5, 0.6) is 0 Å². The fourth-order valence-electron chi connectivity index (χ4n) is 4.76. The van der Waals surface area contributed by atoms with E-state index in [0.717, 1.165) is 36.6 Å². The van der Waals surface area contributed by atoms with E-state index in [-0.39, 0.29) is 28.0 Å². The standard InChI is InChI=1S/C27H25FN6O3S/c28-17-8-10-19(11-9-17)34(27(37)24-21(29)22(25(30)35)33-38-24)23(26(36)32-18-5-1-2-6-18)16-7-12-20-15(14-16)4-3-13-31-20/h3-4,7-14,18,23H,1-2,5-6,29H2,(H2,30,35)(H,32,36). The molecule has 1 unspecified atom stereocenters. The Bertz CT molecular complexity index is 1520. The van der Waals surface area contributed by atoms with Gasteiger partial charge in [0, 0.05) is 23.3 Å². The first kappa shape index (κ1) is 25.3. The molecule has 3 amide bonds. The monoisotopic (exact) mass is 532 g/mol. The molecule has 4 aromatic rings. The summed E-state index contributed by atoms with van der Waals surface area (Å²) in [6.45, 7) is 0. The van der Waals surface area contributed by atoms with E-state index in [4.69, 9.17) is 11.5 Å². The van der Waals surface area contributed by atoms with Gasteiger partial charge in [-0.15, -0.1) is 0 Å². The number of benzene rings is 2. The van der Waals surface area contributed by atoms with Crippen molar-refractivity contribution in [3.05, 3.63) is 82.7 Å². The predicted octanol–water partition coefficient (Wildman–Crippen LogP) is 3.96. The van der Waals surface area contributed by atoms with Crippen LogP contribution in [0.25, 0.3) is 10.9 Å². The lowest BCUT2D eigenvalue weighted by Crippen LogP contribution is -2.46. The van der Waals surface area contributed by atoms with Gasteiger partial charge in [-0.05, 0) is 72.4 Å². The maximum absolute atomic E-state index is 14.1. The highest BCUT2D eigenvalue weighted by molar-refractivity contribution is 7.09. The maximum Gasteiger partial charge on any atom is 0.273 e. The fraction of sp³-hybridized carbons (Fsp3) is 0.222. The molecule has 2 aromatic heterocycles. The van der Waals surface area contributed by atoms with E-state index in [1.165, 1.54) is 29.2 Å². The van der Waals surface area contributed by atoms with Crippen molar-refractivity contribution in [2.24, 2.45) is 5.73 Å². The van der Waals surface area contributed by atoms with Gasteiger partial charge in [-0.1, -0.05) is 25.0 Å². The van der Waals surface area contributed by atoms with Gasteiger partial charge in [-0.25, -0.2) is 4.39 Å². The molecule has 0 saturated heterocycles. The smallest absolute Gasteiger partial charge is 0.273 e. The third-order valence-electron chi connectivity index (χ3n) is 6.63. The number of rotatable bonds is 7. The first-order chi connectivity index (χ1) is 18.3. The molecule has 5 rings (SSSR count). The number of pyridine rings is 1. The van der Waals surface area contributed by atoms with E-state index in [0.29, 0.717) is 17.1 Å². The van der Waals surface area contributed by atoms with Crippen molar-refractivity contribution < 1.29 is 18.8 Å². The molecule has 2 aromatic carbocycles. The van der Waals surface area contributed by atoms with E-state index in [2.05, 4.69) is 14.7 Å². The van der Waals surface area contributed by atoms with Gasteiger partial charge in [0.05, 0.1) is 11.2 Å². The molecular weight excluding hydrogens is 507 g/mol. The Balaban J connectivity index is 1.67. The normalized spacial score (nSPS) is 14.3. The predicted molar refractivity (Wildman–Crippen MR) is 143 cm³/mol. The number of hydrogen-bond donors (Lipinski definition) is 3. The summed E-state index contributed by atoms with van der Waals surface area (Å²) in [5.41, 5.74) is 12.6. The SMILES string of the molecule is NC(=O)c1nsc(C(=O)N(c2ccc(F)cc2)C(C(=O)NC2CCCC2)c2ccc3ncccc3c2)c1N. The lowest BCUT2D eigenvalue weighted by molar-refractivity contribution is -0.123. The van der Waals surface area contributed by atoms with Gasteiger partial charge >= 0.3 is 0 Å². The summed E-state index contributed by atoms with van der Waals surface area (Å²) >= 11 is 0.716. The summed E-state index contributed by atoms with van der Waals surface area (Å²) in [5.74, 6) is -2.44. The molecule has 2 heterocycles. The third kappa shape index (κ3) is 4.92. The van der Waals surface area contributed by atoms with E-state index in [1.54, 1.807) is 30.5 Å². The van der Waals surface area contributed by atoms with Crippen molar-refractivity contribution in [1.29, 1.82) is 0 Å². The minimum Gasteiger partial charge on any atom is -0.395 e. The number of nitrogens with one attached hydrogen (secondary N) is 1. The Labute approximate surface area is 221 Å². The van der Waals surface area contributed by atoms with Gasteiger partial charge in [0.2, 0.25) is 5.91 Å². The number of hydrogen-bond acceptors (Lipinski definition) is 7. The maximum atomic E-state index is 14.1. The summed E-state index contributed by atoms with van der Waals surface area (Å²) in [7, 11) is 0. The zero-order valence-electron chi connectivity index (χ0n) is 20.3. The van der Waals surface area contributed by atoms with Crippen LogP contribution in [0.3, 0.4) is 0 Å². The van der Waals surface area contributed by atoms with E-state index < -0.39 is 29.6 Å². The molecule has 0 radical (unpaired) electrons. The largest absolute Gasteiger partial charge is 0.395 e. The van der Waals surface area contributed by atoms with Crippen LogP contribution in [0.2, 0.25) is 0 Å². The number of nitrogens with zero attached hydrogens (tertiary/aromatic N) is 3. The highest BCUT2D eigenvalue weighted by Gasteiger charge is 2.37. The van der Waals surface area contributed by atoms with Crippen molar-refractivity contribution in [1.82, 2.24) is 14.7 Å². The molecule has 1 aliphatic rings. The van der Waals surface area contributed by atoms with E-state index in [9.17, 15) is 18.8 Å². The Morgan fingerprint density at radius 3 is 2.50 bits per heavy atom. The highest BCUT2D eigenvalue weighted by Crippen LogP contribution is 2.34. The number of nitrogen functional groups attached to an aromatic ring is 1. The number of fused-ring (bicyclic) bond motifs is 1. The molecule has 5 N–H and O–H groups in total. The summed E-state index contributed by atoms with van der Waals surface area (Å²) in [6, 6.07) is 13.0. The second-order valence-electron chi connectivity index (χ2n) is 9.14. The van der Waals surface area contributed by atoms with Crippen LogP contribution in [-0.4, -0.2) is 33.1 Å². The average molecular weight is 533 g/mol.